The van der Waals surface area contributed by atoms with E-state index in [1.165, 1.54) is 13.2 Å². The topological polar surface area (TPSA) is 26.3 Å². The molecule has 0 atom stereocenters. The maximum atomic E-state index is 10.5. The zero-order valence-corrected chi connectivity index (χ0v) is 7.04. The molecule has 0 saturated carbocycles. The molecular weight excluding hydrogens is 140 g/mol. The first-order chi connectivity index (χ1) is 5.31. The normalized spacial score (nSPS) is 11.1. The molecule has 62 valence electrons. The highest BCUT2D eigenvalue weighted by atomic mass is 16.5. The van der Waals surface area contributed by atoms with Gasteiger partial charge in [-0.2, -0.15) is 0 Å². The molecule has 11 heavy (non-hydrogen) atoms. The minimum Gasteiger partial charge on any atom is -0.466 e. The number of hydrogen-bond donors (Lipinski definition) is 0. The number of carbonyl (C=O) groups is 1. The maximum Gasteiger partial charge on any atom is 0.330 e. The maximum absolute atomic E-state index is 10.5. The van der Waals surface area contributed by atoms with Crippen LogP contribution >= 0.6 is 0 Å². The van der Waals surface area contributed by atoms with Crippen LogP contribution in [0, 0.1) is 0 Å². The quantitative estimate of drug-likeness (QED) is 0.352. The van der Waals surface area contributed by atoms with Gasteiger partial charge in [-0.15, -0.1) is 0 Å². The minimum absolute atomic E-state index is 0.296. The van der Waals surface area contributed by atoms with Crippen LogP contribution in [0.2, 0.25) is 0 Å². The summed E-state index contributed by atoms with van der Waals surface area (Å²) >= 11 is 0. The molecule has 0 heterocycles. The van der Waals surface area contributed by atoms with E-state index in [2.05, 4.69) is 17.7 Å². The van der Waals surface area contributed by atoms with E-state index >= 15 is 0 Å². The van der Waals surface area contributed by atoms with E-state index in [4.69, 9.17) is 0 Å². The predicted octanol–water partition coefficient (Wildman–Crippen LogP) is 2.07. The lowest BCUT2D eigenvalue weighted by molar-refractivity contribution is -0.134. The van der Waals surface area contributed by atoms with Crippen molar-refractivity contribution in [3.05, 3.63) is 24.3 Å². The lowest BCUT2D eigenvalue weighted by Gasteiger charge is -1.87. The SMILES string of the molecule is CC/C=C\C/C=C\C(=O)OC. The molecule has 0 aromatic carbocycles. The lowest BCUT2D eigenvalue weighted by atomic mass is 10.3. The molecule has 0 aliphatic carbocycles. The largest absolute Gasteiger partial charge is 0.466 e. The fraction of sp³-hybridized carbons (Fsp3) is 0.444. The average Bonchev–Trinajstić information content (AvgIpc) is 2.04. The molecule has 0 fully saturated rings. The third kappa shape index (κ3) is 6.84. The van der Waals surface area contributed by atoms with Gasteiger partial charge in [0.2, 0.25) is 0 Å². The van der Waals surface area contributed by atoms with Crippen LogP contribution in [0.5, 0.6) is 0 Å². The monoisotopic (exact) mass is 154 g/mol. The van der Waals surface area contributed by atoms with E-state index in [0.717, 1.165) is 12.8 Å². The van der Waals surface area contributed by atoms with Gasteiger partial charge < -0.3 is 4.74 Å². The second-order valence-electron chi connectivity index (χ2n) is 2.04. The van der Waals surface area contributed by atoms with Crippen molar-refractivity contribution in [1.82, 2.24) is 0 Å². The van der Waals surface area contributed by atoms with Crippen molar-refractivity contribution in [1.29, 1.82) is 0 Å². The molecule has 0 N–H and O–H groups in total. The Bertz CT molecular complexity index is 157. The number of ether oxygens (including phenoxy) is 1. The van der Waals surface area contributed by atoms with Gasteiger partial charge in [0, 0.05) is 6.08 Å². The molecule has 2 nitrogen and oxygen atoms in total. The van der Waals surface area contributed by atoms with E-state index < -0.39 is 0 Å². The van der Waals surface area contributed by atoms with Crippen LogP contribution in [-0.2, 0) is 9.53 Å². The Labute approximate surface area is 67.6 Å². The fourth-order valence-corrected chi connectivity index (χ4v) is 0.574. The fourth-order valence-electron chi connectivity index (χ4n) is 0.574. The summed E-state index contributed by atoms with van der Waals surface area (Å²) in [5.41, 5.74) is 0. The number of carbonyl (C=O) groups excluding carboxylic acids is 1. The van der Waals surface area contributed by atoms with Gasteiger partial charge in [0.1, 0.15) is 0 Å². The van der Waals surface area contributed by atoms with E-state index in [1.807, 2.05) is 6.08 Å². The van der Waals surface area contributed by atoms with Crippen LogP contribution in [0.15, 0.2) is 24.3 Å². The molecule has 0 aliphatic rings. The van der Waals surface area contributed by atoms with Gasteiger partial charge in [-0.1, -0.05) is 25.2 Å². The van der Waals surface area contributed by atoms with Crippen molar-refractivity contribution >= 4 is 5.97 Å². The summed E-state index contributed by atoms with van der Waals surface area (Å²) in [6.45, 7) is 2.07. The van der Waals surface area contributed by atoms with Gasteiger partial charge in [0.15, 0.2) is 0 Å². The molecule has 0 bridgehead atoms. The van der Waals surface area contributed by atoms with E-state index in [9.17, 15) is 4.79 Å². The number of rotatable bonds is 4. The molecule has 0 unspecified atom stereocenters. The van der Waals surface area contributed by atoms with Crippen LogP contribution in [0.4, 0.5) is 0 Å². The highest BCUT2D eigenvalue weighted by Crippen LogP contribution is 1.88. The Hall–Kier alpha value is -1.05. The van der Waals surface area contributed by atoms with Crippen LogP contribution in [0.1, 0.15) is 19.8 Å². The summed E-state index contributed by atoms with van der Waals surface area (Å²) in [6, 6.07) is 0. The first kappa shape index (κ1) is 9.95. The molecular formula is C9H14O2. The standard InChI is InChI=1S/C9H14O2/c1-3-4-5-6-7-8-9(10)11-2/h4-5,7-8H,3,6H2,1-2H3/b5-4-,8-7-. The summed E-state index contributed by atoms with van der Waals surface area (Å²) < 4.78 is 4.41. The van der Waals surface area contributed by atoms with Gasteiger partial charge in [-0.05, 0) is 12.8 Å². The van der Waals surface area contributed by atoms with Crippen molar-refractivity contribution in [3.8, 4) is 0 Å². The minimum atomic E-state index is -0.296. The molecule has 2 heteroatoms. The molecule has 0 aliphatic heterocycles. The molecule has 0 aromatic rings. The van der Waals surface area contributed by atoms with E-state index in [1.54, 1.807) is 6.08 Å². The third-order valence-corrected chi connectivity index (χ3v) is 1.13. The Balaban J connectivity index is 3.44. The van der Waals surface area contributed by atoms with Gasteiger partial charge in [0.05, 0.1) is 7.11 Å². The smallest absolute Gasteiger partial charge is 0.330 e. The number of hydrogen-bond acceptors (Lipinski definition) is 2. The summed E-state index contributed by atoms with van der Waals surface area (Å²) in [5, 5.41) is 0. The molecule has 0 aromatic heterocycles. The van der Waals surface area contributed by atoms with Gasteiger partial charge in [-0.25, -0.2) is 4.79 Å². The Morgan fingerprint density at radius 2 is 2.09 bits per heavy atom. The summed E-state index contributed by atoms with van der Waals surface area (Å²) in [7, 11) is 1.37. The molecule has 0 spiro atoms. The van der Waals surface area contributed by atoms with E-state index in [-0.39, 0.29) is 5.97 Å². The van der Waals surface area contributed by atoms with Crippen molar-refractivity contribution in [3.63, 3.8) is 0 Å². The van der Waals surface area contributed by atoms with Crippen molar-refractivity contribution in [2.45, 2.75) is 19.8 Å². The summed E-state index contributed by atoms with van der Waals surface area (Å²) in [5.74, 6) is -0.296. The first-order valence-electron chi connectivity index (χ1n) is 3.70. The molecule has 0 amide bonds. The van der Waals surface area contributed by atoms with Crippen molar-refractivity contribution < 1.29 is 9.53 Å². The van der Waals surface area contributed by atoms with Crippen molar-refractivity contribution in [2.75, 3.05) is 7.11 Å². The van der Waals surface area contributed by atoms with Crippen LogP contribution in [0.3, 0.4) is 0 Å². The third-order valence-electron chi connectivity index (χ3n) is 1.13. The first-order valence-corrected chi connectivity index (χ1v) is 3.70. The Morgan fingerprint density at radius 3 is 2.64 bits per heavy atom. The zero-order chi connectivity index (χ0) is 8.53. The lowest BCUT2D eigenvalue weighted by Crippen LogP contribution is -1.92. The molecule has 0 rings (SSSR count). The number of methoxy groups -OCH3 is 1. The second-order valence-corrected chi connectivity index (χ2v) is 2.04. The van der Waals surface area contributed by atoms with Gasteiger partial charge in [-0.3, -0.25) is 0 Å². The van der Waals surface area contributed by atoms with Crippen LogP contribution in [0.25, 0.3) is 0 Å². The Kier molecular flexibility index (Phi) is 6.39. The second kappa shape index (κ2) is 7.06. The van der Waals surface area contributed by atoms with Crippen molar-refractivity contribution in [2.24, 2.45) is 0 Å². The van der Waals surface area contributed by atoms with Crippen LogP contribution in [-0.4, -0.2) is 13.1 Å². The Morgan fingerprint density at radius 1 is 1.36 bits per heavy atom. The molecule has 0 saturated heterocycles. The average molecular weight is 154 g/mol. The number of esters is 1. The molecule has 0 radical (unpaired) electrons. The van der Waals surface area contributed by atoms with Gasteiger partial charge in [0.25, 0.3) is 0 Å². The predicted molar refractivity (Wildman–Crippen MR) is 45.2 cm³/mol. The summed E-state index contributed by atoms with van der Waals surface area (Å²) in [6.07, 6.45) is 9.11. The number of allylic oxidation sites excluding steroid dienone is 3. The van der Waals surface area contributed by atoms with Gasteiger partial charge >= 0.3 is 5.97 Å². The van der Waals surface area contributed by atoms with E-state index in [0.29, 0.717) is 0 Å². The highest BCUT2D eigenvalue weighted by molar-refractivity contribution is 5.81. The highest BCUT2D eigenvalue weighted by Gasteiger charge is 1.86. The zero-order valence-electron chi connectivity index (χ0n) is 7.04. The van der Waals surface area contributed by atoms with Crippen LogP contribution < -0.4 is 0 Å². The summed E-state index contributed by atoms with van der Waals surface area (Å²) in [4.78, 5) is 10.5.